The van der Waals surface area contributed by atoms with E-state index in [4.69, 9.17) is 0 Å². The Morgan fingerprint density at radius 2 is 1.80 bits per heavy atom. The lowest BCUT2D eigenvalue weighted by molar-refractivity contribution is 0.792. The molecule has 0 fully saturated rings. The number of hydrogen-bond acceptors (Lipinski definition) is 3. The average Bonchev–Trinajstić information content (AvgIpc) is 2.42. The lowest BCUT2D eigenvalue weighted by Gasteiger charge is -2.11. The molecule has 0 spiro atoms. The van der Waals surface area contributed by atoms with Crippen LogP contribution in [0.4, 0.5) is 5.82 Å². The summed E-state index contributed by atoms with van der Waals surface area (Å²) in [6.45, 7) is 8.58. The highest BCUT2D eigenvalue weighted by Crippen LogP contribution is 2.18. The van der Waals surface area contributed by atoms with Crippen molar-refractivity contribution in [2.24, 2.45) is 0 Å². The highest BCUT2D eigenvalue weighted by atomic mass is 15.0. The first-order valence-corrected chi connectivity index (χ1v) is 7.11. The molecular weight excluding hydrogens is 246 g/mol. The van der Waals surface area contributed by atoms with Gasteiger partial charge in [0, 0.05) is 25.2 Å². The minimum atomic E-state index is 0.406. The summed E-state index contributed by atoms with van der Waals surface area (Å²) < 4.78 is 0. The fourth-order valence-corrected chi connectivity index (χ4v) is 2.12. The molecule has 0 unspecified atom stereocenters. The van der Waals surface area contributed by atoms with Gasteiger partial charge >= 0.3 is 0 Å². The second-order valence-electron chi connectivity index (χ2n) is 5.59. The zero-order chi connectivity index (χ0) is 14.7. The maximum atomic E-state index is 4.68. The molecule has 1 aromatic carbocycles. The number of aromatic nitrogens is 2. The van der Waals surface area contributed by atoms with Crippen molar-refractivity contribution in [2.45, 2.75) is 40.0 Å². The lowest BCUT2D eigenvalue weighted by Crippen LogP contribution is -2.05. The van der Waals surface area contributed by atoms with Crippen molar-refractivity contribution in [1.29, 1.82) is 0 Å². The van der Waals surface area contributed by atoms with E-state index in [1.807, 2.05) is 13.1 Å². The molecule has 0 amide bonds. The van der Waals surface area contributed by atoms with Crippen LogP contribution in [-0.4, -0.2) is 17.0 Å². The van der Waals surface area contributed by atoms with Crippen molar-refractivity contribution in [3.63, 3.8) is 0 Å². The molecule has 0 atom stereocenters. The zero-order valence-electron chi connectivity index (χ0n) is 13.0. The summed E-state index contributed by atoms with van der Waals surface area (Å²) in [5, 5.41) is 3.12. The summed E-state index contributed by atoms with van der Waals surface area (Å²) in [4.78, 5) is 9.24. The Labute approximate surface area is 121 Å². The molecule has 106 valence electrons. The maximum Gasteiger partial charge on any atom is 0.135 e. The van der Waals surface area contributed by atoms with Gasteiger partial charge in [0.25, 0.3) is 0 Å². The SMILES string of the molecule is CNc1cc(C(C)C)nc(Cc2ccc(C)c(C)c2)n1. The summed E-state index contributed by atoms with van der Waals surface area (Å²) >= 11 is 0. The van der Waals surface area contributed by atoms with Crippen molar-refractivity contribution < 1.29 is 0 Å². The molecule has 0 radical (unpaired) electrons. The largest absolute Gasteiger partial charge is 0.373 e. The Morgan fingerprint density at radius 1 is 1.05 bits per heavy atom. The van der Waals surface area contributed by atoms with Crippen LogP contribution in [0.1, 0.15) is 48.0 Å². The van der Waals surface area contributed by atoms with Crippen LogP contribution in [0, 0.1) is 13.8 Å². The molecular formula is C17H23N3. The van der Waals surface area contributed by atoms with Crippen LogP contribution in [0.5, 0.6) is 0 Å². The van der Waals surface area contributed by atoms with Gasteiger partial charge in [0.15, 0.2) is 0 Å². The number of hydrogen-bond donors (Lipinski definition) is 1. The standard InChI is InChI=1S/C17H23N3/c1-11(2)15-10-16(18-5)20-17(19-15)9-14-7-6-12(3)13(4)8-14/h6-8,10-11H,9H2,1-5H3,(H,18,19,20). The number of nitrogens with one attached hydrogen (secondary N) is 1. The van der Waals surface area contributed by atoms with Gasteiger partial charge < -0.3 is 5.32 Å². The summed E-state index contributed by atoms with van der Waals surface area (Å²) in [6, 6.07) is 8.57. The first-order chi connectivity index (χ1) is 9.49. The summed E-state index contributed by atoms with van der Waals surface area (Å²) in [6.07, 6.45) is 0.774. The molecule has 3 heteroatoms. The first kappa shape index (κ1) is 14.5. The highest BCUT2D eigenvalue weighted by Gasteiger charge is 2.08. The van der Waals surface area contributed by atoms with Gasteiger partial charge in [0.05, 0.1) is 0 Å². The summed E-state index contributed by atoms with van der Waals surface area (Å²) in [5.74, 6) is 2.18. The highest BCUT2D eigenvalue weighted by molar-refractivity contribution is 5.37. The Bertz CT molecular complexity index is 603. The summed E-state index contributed by atoms with van der Waals surface area (Å²) in [5.41, 5.74) is 4.98. The van der Waals surface area contributed by atoms with E-state index in [-0.39, 0.29) is 0 Å². The molecule has 0 saturated carbocycles. The topological polar surface area (TPSA) is 37.8 Å². The molecule has 0 saturated heterocycles. The van der Waals surface area contributed by atoms with Crippen LogP contribution in [0.2, 0.25) is 0 Å². The van der Waals surface area contributed by atoms with E-state index in [0.29, 0.717) is 5.92 Å². The van der Waals surface area contributed by atoms with Crippen molar-refractivity contribution in [2.75, 3.05) is 12.4 Å². The first-order valence-electron chi connectivity index (χ1n) is 7.11. The normalized spacial score (nSPS) is 10.9. The Kier molecular flexibility index (Phi) is 4.38. The molecule has 0 aliphatic rings. The third-order valence-electron chi connectivity index (χ3n) is 3.57. The van der Waals surface area contributed by atoms with Gasteiger partial charge in [-0.05, 0) is 36.5 Å². The minimum Gasteiger partial charge on any atom is -0.373 e. The van der Waals surface area contributed by atoms with Crippen LogP contribution < -0.4 is 5.32 Å². The van der Waals surface area contributed by atoms with Gasteiger partial charge in [-0.15, -0.1) is 0 Å². The van der Waals surface area contributed by atoms with Crippen LogP contribution >= 0.6 is 0 Å². The second-order valence-corrected chi connectivity index (χ2v) is 5.59. The van der Waals surface area contributed by atoms with E-state index in [2.05, 4.69) is 61.2 Å². The molecule has 3 nitrogen and oxygen atoms in total. The van der Waals surface area contributed by atoms with E-state index in [1.165, 1.54) is 16.7 Å². The smallest absolute Gasteiger partial charge is 0.135 e. The molecule has 2 rings (SSSR count). The number of benzene rings is 1. The Hall–Kier alpha value is -1.90. The Balaban J connectivity index is 2.32. The molecule has 0 aliphatic carbocycles. The van der Waals surface area contributed by atoms with Gasteiger partial charge in [-0.3, -0.25) is 0 Å². The van der Waals surface area contributed by atoms with Gasteiger partial charge in [-0.25, -0.2) is 9.97 Å². The molecule has 1 aromatic heterocycles. The van der Waals surface area contributed by atoms with Crippen molar-refractivity contribution >= 4 is 5.82 Å². The molecule has 0 aliphatic heterocycles. The van der Waals surface area contributed by atoms with E-state index in [0.717, 1.165) is 23.8 Å². The van der Waals surface area contributed by atoms with E-state index >= 15 is 0 Å². The van der Waals surface area contributed by atoms with E-state index in [9.17, 15) is 0 Å². The van der Waals surface area contributed by atoms with Crippen LogP contribution in [0.25, 0.3) is 0 Å². The third kappa shape index (κ3) is 3.35. The van der Waals surface area contributed by atoms with Crippen molar-refractivity contribution in [3.05, 3.63) is 52.5 Å². The molecule has 2 aromatic rings. The van der Waals surface area contributed by atoms with Gasteiger partial charge in [0.1, 0.15) is 11.6 Å². The van der Waals surface area contributed by atoms with Crippen LogP contribution in [-0.2, 0) is 6.42 Å². The third-order valence-corrected chi connectivity index (χ3v) is 3.57. The van der Waals surface area contributed by atoms with Gasteiger partial charge in [0.2, 0.25) is 0 Å². The number of aryl methyl sites for hydroxylation is 2. The second kappa shape index (κ2) is 6.04. The lowest BCUT2D eigenvalue weighted by atomic mass is 10.0. The fourth-order valence-electron chi connectivity index (χ4n) is 2.12. The quantitative estimate of drug-likeness (QED) is 0.916. The van der Waals surface area contributed by atoms with Crippen LogP contribution in [0.3, 0.4) is 0 Å². The van der Waals surface area contributed by atoms with Crippen molar-refractivity contribution in [1.82, 2.24) is 9.97 Å². The fraction of sp³-hybridized carbons (Fsp3) is 0.412. The van der Waals surface area contributed by atoms with Crippen LogP contribution in [0.15, 0.2) is 24.3 Å². The summed E-state index contributed by atoms with van der Waals surface area (Å²) in [7, 11) is 1.90. The number of nitrogens with zero attached hydrogens (tertiary/aromatic N) is 2. The molecule has 1 heterocycles. The van der Waals surface area contributed by atoms with E-state index in [1.54, 1.807) is 0 Å². The minimum absolute atomic E-state index is 0.406. The molecule has 20 heavy (non-hydrogen) atoms. The Morgan fingerprint density at radius 3 is 2.40 bits per heavy atom. The van der Waals surface area contributed by atoms with E-state index < -0.39 is 0 Å². The molecule has 1 N–H and O–H groups in total. The average molecular weight is 269 g/mol. The van der Waals surface area contributed by atoms with Gasteiger partial charge in [-0.2, -0.15) is 0 Å². The monoisotopic (exact) mass is 269 g/mol. The predicted octanol–water partition coefficient (Wildman–Crippen LogP) is 3.85. The zero-order valence-corrected chi connectivity index (χ0v) is 13.0. The van der Waals surface area contributed by atoms with Gasteiger partial charge in [-0.1, -0.05) is 32.0 Å². The predicted molar refractivity (Wildman–Crippen MR) is 84.4 cm³/mol. The number of anilines is 1. The number of rotatable bonds is 4. The maximum absolute atomic E-state index is 4.68. The molecule has 0 bridgehead atoms. The van der Waals surface area contributed by atoms with Crippen molar-refractivity contribution in [3.8, 4) is 0 Å².